The average molecular weight is 552 g/mol. The summed E-state index contributed by atoms with van der Waals surface area (Å²) in [5, 5.41) is 5.02. The molecular weight excluding hydrogens is 522 g/mol. The quantitative estimate of drug-likeness (QED) is 0.199. The Hall–Kier alpha value is -5.54. The second-order valence-electron chi connectivity index (χ2n) is 10.9. The van der Waals surface area contributed by atoms with Crippen LogP contribution >= 0.6 is 0 Å². The Balaban J connectivity index is 1.30. The Labute approximate surface area is 250 Å². The first-order valence-corrected chi connectivity index (χ1v) is 14.8. The first kappa shape index (κ1) is 25.2. The van der Waals surface area contributed by atoms with Gasteiger partial charge in [0.05, 0.1) is 11.0 Å². The molecule has 0 radical (unpaired) electrons. The zero-order valence-electron chi connectivity index (χ0n) is 23.9. The van der Waals surface area contributed by atoms with Gasteiger partial charge in [-0.3, -0.25) is 9.55 Å². The fraction of sp³-hybridized carbons (Fsp3) is 0.0500. The van der Waals surface area contributed by atoms with Crippen LogP contribution < -0.4 is 0 Å². The number of fused-ring (bicyclic) bond motifs is 3. The van der Waals surface area contributed by atoms with E-state index in [-0.39, 0.29) is 0 Å². The topological polar surface area (TPSA) is 30.7 Å². The van der Waals surface area contributed by atoms with Crippen LogP contribution in [0.3, 0.4) is 0 Å². The van der Waals surface area contributed by atoms with E-state index in [4.69, 9.17) is 4.98 Å². The van der Waals surface area contributed by atoms with Crippen molar-refractivity contribution in [1.82, 2.24) is 14.5 Å². The molecule has 43 heavy (non-hydrogen) atoms. The van der Waals surface area contributed by atoms with Crippen molar-refractivity contribution in [1.29, 1.82) is 0 Å². The third kappa shape index (κ3) is 4.21. The van der Waals surface area contributed by atoms with Crippen LogP contribution in [0.15, 0.2) is 146 Å². The Morgan fingerprint density at radius 1 is 0.488 bits per heavy atom. The third-order valence-corrected chi connectivity index (χ3v) is 8.48. The number of pyridine rings is 1. The lowest BCUT2D eigenvalue weighted by atomic mass is 9.85. The molecular formula is C40H29N3. The lowest BCUT2D eigenvalue weighted by Gasteiger charge is -2.18. The maximum atomic E-state index is 4.89. The highest BCUT2D eigenvalue weighted by molar-refractivity contribution is 6.21. The van der Waals surface area contributed by atoms with E-state index < -0.39 is 0 Å². The minimum atomic E-state index is 0.872. The minimum Gasteiger partial charge on any atom is -0.296 e. The molecule has 8 aromatic rings. The molecule has 0 bridgehead atoms. The van der Waals surface area contributed by atoms with Gasteiger partial charge in [-0.1, -0.05) is 104 Å². The summed E-state index contributed by atoms with van der Waals surface area (Å²) in [5.41, 5.74) is 10.6. The Morgan fingerprint density at radius 3 is 1.51 bits per heavy atom. The number of benzene rings is 6. The molecule has 0 aliphatic carbocycles. The maximum Gasteiger partial charge on any atom is 0.114 e. The number of hydrogen-bond donors (Lipinski definition) is 0. The van der Waals surface area contributed by atoms with E-state index in [2.05, 4.69) is 150 Å². The van der Waals surface area contributed by atoms with Crippen molar-refractivity contribution in [3.8, 4) is 39.1 Å². The van der Waals surface area contributed by atoms with Crippen LogP contribution in [-0.4, -0.2) is 14.5 Å². The zero-order chi connectivity index (χ0) is 28.8. The van der Waals surface area contributed by atoms with Gasteiger partial charge in [-0.15, -0.1) is 0 Å². The lowest BCUT2D eigenvalue weighted by molar-refractivity contribution is 0.908. The first-order chi connectivity index (χ1) is 21.3. The van der Waals surface area contributed by atoms with Gasteiger partial charge in [-0.2, -0.15) is 0 Å². The van der Waals surface area contributed by atoms with Gasteiger partial charge < -0.3 is 0 Å². The van der Waals surface area contributed by atoms with Crippen LogP contribution in [0.25, 0.3) is 71.6 Å². The van der Waals surface area contributed by atoms with Crippen molar-refractivity contribution >= 4 is 32.6 Å². The molecule has 0 amide bonds. The molecule has 3 nitrogen and oxygen atoms in total. The van der Waals surface area contributed by atoms with Crippen LogP contribution in [0, 0.1) is 0 Å². The molecule has 0 atom stereocenters. The predicted molar refractivity (Wildman–Crippen MR) is 180 cm³/mol. The molecule has 0 unspecified atom stereocenters. The fourth-order valence-electron chi connectivity index (χ4n) is 6.50. The standard InChI is InChI=1S/C40H29N3/c1-2-38-42-36-13-7-8-14-37(36)43(38)31-21-19-30(20-22-31)40-34-11-5-3-9-32(34)39(33-10-4-6-12-35(33)40)29-17-15-27(16-18-29)28-23-25-41-26-24-28/h3-26H,2H2,1H3. The predicted octanol–water partition coefficient (Wildman–Crippen LogP) is 10.3. The summed E-state index contributed by atoms with van der Waals surface area (Å²) in [6, 6.07) is 48.0. The zero-order valence-corrected chi connectivity index (χ0v) is 23.9. The van der Waals surface area contributed by atoms with Crippen molar-refractivity contribution < 1.29 is 0 Å². The van der Waals surface area contributed by atoms with Crippen molar-refractivity contribution in [3.05, 3.63) is 152 Å². The van der Waals surface area contributed by atoms with E-state index in [1.807, 2.05) is 12.4 Å². The highest BCUT2D eigenvalue weighted by atomic mass is 15.1. The van der Waals surface area contributed by atoms with Crippen molar-refractivity contribution in [3.63, 3.8) is 0 Å². The SMILES string of the molecule is CCc1nc2ccccc2n1-c1ccc(-c2c3ccccc3c(-c3ccc(-c4ccncc4)cc3)c3ccccc23)cc1. The average Bonchev–Trinajstić information content (AvgIpc) is 3.47. The third-order valence-electron chi connectivity index (χ3n) is 8.48. The number of aromatic nitrogens is 3. The Morgan fingerprint density at radius 2 is 0.953 bits per heavy atom. The molecule has 0 aliphatic heterocycles. The van der Waals surface area contributed by atoms with Gasteiger partial charge in [0.1, 0.15) is 5.82 Å². The van der Waals surface area contributed by atoms with Crippen LogP contribution in [0.4, 0.5) is 0 Å². The molecule has 0 fully saturated rings. The summed E-state index contributed by atoms with van der Waals surface area (Å²) >= 11 is 0. The largest absolute Gasteiger partial charge is 0.296 e. The minimum absolute atomic E-state index is 0.872. The molecule has 0 saturated heterocycles. The van der Waals surface area contributed by atoms with Crippen molar-refractivity contribution in [2.45, 2.75) is 13.3 Å². The maximum absolute atomic E-state index is 4.89. The van der Waals surface area contributed by atoms with Gasteiger partial charge in [0, 0.05) is 24.5 Å². The van der Waals surface area contributed by atoms with Gasteiger partial charge in [-0.25, -0.2) is 4.98 Å². The number of imidazole rings is 1. The summed E-state index contributed by atoms with van der Waals surface area (Å²) in [5.74, 6) is 1.07. The Bertz CT molecular complexity index is 2190. The molecule has 8 rings (SSSR count). The second kappa shape index (κ2) is 10.4. The first-order valence-electron chi connectivity index (χ1n) is 14.8. The number of aryl methyl sites for hydroxylation is 1. The lowest BCUT2D eigenvalue weighted by Crippen LogP contribution is -2.00. The summed E-state index contributed by atoms with van der Waals surface area (Å²) in [7, 11) is 0. The van der Waals surface area contributed by atoms with Crippen molar-refractivity contribution in [2.75, 3.05) is 0 Å². The molecule has 2 heterocycles. The van der Waals surface area contributed by atoms with Gasteiger partial charge in [0.2, 0.25) is 0 Å². The van der Waals surface area contributed by atoms with Crippen LogP contribution in [-0.2, 0) is 6.42 Å². The summed E-state index contributed by atoms with van der Waals surface area (Å²) in [6.45, 7) is 2.17. The normalized spacial score (nSPS) is 11.5. The van der Waals surface area contributed by atoms with E-state index in [9.17, 15) is 0 Å². The summed E-state index contributed by atoms with van der Waals surface area (Å²) in [4.78, 5) is 9.06. The second-order valence-corrected chi connectivity index (χ2v) is 10.9. The molecule has 2 aromatic heterocycles. The van der Waals surface area contributed by atoms with Gasteiger partial charge in [-0.05, 0) is 91.3 Å². The number of rotatable bonds is 5. The number of nitrogens with zero attached hydrogens (tertiary/aromatic N) is 3. The molecule has 0 saturated carbocycles. The molecule has 0 aliphatic rings. The van der Waals surface area contributed by atoms with Crippen LogP contribution in [0.1, 0.15) is 12.7 Å². The molecule has 6 aromatic carbocycles. The smallest absolute Gasteiger partial charge is 0.114 e. The van der Waals surface area contributed by atoms with E-state index in [1.165, 1.54) is 54.9 Å². The number of hydrogen-bond acceptors (Lipinski definition) is 2. The number of para-hydroxylation sites is 2. The van der Waals surface area contributed by atoms with Crippen LogP contribution in [0.5, 0.6) is 0 Å². The highest BCUT2D eigenvalue weighted by Crippen LogP contribution is 2.44. The summed E-state index contributed by atoms with van der Waals surface area (Å²) in [6.07, 6.45) is 4.56. The van der Waals surface area contributed by atoms with Gasteiger partial charge >= 0.3 is 0 Å². The van der Waals surface area contributed by atoms with Gasteiger partial charge in [0.25, 0.3) is 0 Å². The molecule has 0 N–H and O–H groups in total. The van der Waals surface area contributed by atoms with Crippen molar-refractivity contribution in [2.24, 2.45) is 0 Å². The summed E-state index contributed by atoms with van der Waals surface area (Å²) < 4.78 is 2.29. The molecule has 204 valence electrons. The Kier molecular flexibility index (Phi) is 6.08. The van der Waals surface area contributed by atoms with Crippen LogP contribution in [0.2, 0.25) is 0 Å². The molecule has 3 heteroatoms. The van der Waals surface area contributed by atoms with E-state index in [1.54, 1.807) is 0 Å². The molecule has 0 spiro atoms. The van der Waals surface area contributed by atoms with E-state index in [0.717, 1.165) is 29.0 Å². The monoisotopic (exact) mass is 551 g/mol. The van der Waals surface area contributed by atoms with Gasteiger partial charge in [0.15, 0.2) is 0 Å². The van der Waals surface area contributed by atoms with E-state index >= 15 is 0 Å². The fourth-order valence-corrected chi connectivity index (χ4v) is 6.50. The highest BCUT2D eigenvalue weighted by Gasteiger charge is 2.17. The van der Waals surface area contributed by atoms with E-state index in [0.29, 0.717) is 0 Å².